The molecule has 0 rings (SSSR count). The van der Waals surface area contributed by atoms with Crippen LogP contribution in [0.1, 0.15) is 6.92 Å². The van der Waals surface area contributed by atoms with Crippen molar-refractivity contribution in [3.63, 3.8) is 0 Å². The van der Waals surface area contributed by atoms with Gasteiger partial charge in [-0.1, -0.05) is 0 Å². The van der Waals surface area contributed by atoms with Gasteiger partial charge in [-0.25, -0.2) is 0 Å². The monoisotopic (exact) mass is 293 g/mol. The fourth-order valence-corrected chi connectivity index (χ4v) is 1.04. The third-order valence-electron chi connectivity index (χ3n) is 0.493. The van der Waals surface area contributed by atoms with Crippen LogP contribution in [0.25, 0.3) is 0 Å². The second kappa shape index (κ2) is 9.97. The molecule has 0 aliphatic rings. The van der Waals surface area contributed by atoms with Gasteiger partial charge in [-0.3, -0.25) is 0 Å². The standard InChI is InChI=1S/C4H9O.Hg.H2O/c1-3-5-4-2;;/h1,3-4H2,2H3;;1H2. The average molecular weight is 292 g/mol. The van der Waals surface area contributed by atoms with E-state index in [-0.39, 0.29) is 5.48 Å². The number of rotatable bonds is 3. The summed E-state index contributed by atoms with van der Waals surface area (Å²) in [6.45, 7) is 3.92. The van der Waals surface area contributed by atoms with Gasteiger partial charge in [0.25, 0.3) is 0 Å². The van der Waals surface area contributed by atoms with Gasteiger partial charge in [0.2, 0.25) is 0 Å². The number of ether oxygens (including phenoxy) is 1. The second-order valence-electron chi connectivity index (χ2n) is 1.05. The molecule has 0 amide bonds. The van der Waals surface area contributed by atoms with E-state index in [2.05, 4.69) is 0 Å². The number of hydrogen-bond donors (Lipinski definition) is 0. The smallest absolute Gasteiger partial charge is 0.412 e. The molecule has 0 bridgehead atoms. The summed E-state index contributed by atoms with van der Waals surface area (Å²) in [6.07, 6.45) is 0. The van der Waals surface area contributed by atoms with Crippen molar-refractivity contribution in [2.75, 3.05) is 13.2 Å². The summed E-state index contributed by atoms with van der Waals surface area (Å²) >= 11 is 0.947. The third-order valence-corrected chi connectivity index (χ3v) is 1.62. The Morgan fingerprint density at radius 3 is 2.29 bits per heavy atom. The maximum absolute atomic E-state index is 5.03. The first-order valence-corrected chi connectivity index (χ1v) is 6.17. The molecule has 2 nitrogen and oxygen atoms in total. The summed E-state index contributed by atoms with van der Waals surface area (Å²) in [6, 6.07) is 0. The van der Waals surface area contributed by atoms with Gasteiger partial charge in [0, 0.05) is 0 Å². The van der Waals surface area contributed by atoms with Gasteiger partial charge < -0.3 is 5.48 Å². The summed E-state index contributed by atoms with van der Waals surface area (Å²) in [5.41, 5.74) is 0. The van der Waals surface area contributed by atoms with E-state index in [0.717, 1.165) is 39.3 Å². The van der Waals surface area contributed by atoms with Crippen LogP contribution >= 0.6 is 0 Å². The molecule has 0 radical (unpaired) electrons. The molecule has 0 heterocycles. The Morgan fingerprint density at radius 1 is 1.57 bits per heavy atom. The molecule has 2 N–H and O–H groups in total. The van der Waals surface area contributed by atoms with Crippen LogP contribution in [0, 0.1) is 0 Å². The quantitative estimate of drug-likeness (QED) is 0.539. The van der Waals surface area contributed by atoms with Crippen molar-refractivity contribution in [1.82, 2.24) is 0 Å². The largest absolute Gasteiger partial charge is 0.412 e. The van der Waals surface area contributed by atoms with Crippen LogP contribution in [0.3, 0.4) is 0 Å². The van der Waals surface area contributed by atoms with E-state index in [1.54, 1.807) is 0 Å². The zero-order chi connectivity index (χ0) is 4.83. The Morgan fingerprint density at radius 2 is 2.14 bits per heavy atom. The molecule has 0 saturated heterocycles. The average Bonchev–Trinajstić information content (AvgIpc) is 1.61. The minimum Gasteiger partial charge on any atom is -0.412 e. The third kappa shape index (κ3) is 10.9. The maximum atomic E-state index is 5.03. The first kappa shape index (κ1) is 10.8. The predicted octanol–water partition coefficient (Wildman–Crippen LogP) is 0.163. The molecule has 0 atom stereocenters. The SMILES string of the molecule is CCOC[CH2][Hg].O. The molecule has 41 valence electrons. The van der Waals surface area contributed by atoms with E-state index >= 15 is 0 Å². The first-order valence-electron chi connectivity index (χ1n) is 2.28. The molecule has 0 spiro atoms. The van der Waals surface area contributed by atoms with Crippen LogP contribution in [0.2, 0.25) is 3.93 Å². The van der Waals surface area contributed by atoms with E-state index in [1.807, 2.05) is 6.92 Å². The molecule has 0 unspecified atom stereocenters. The van der Waals surface area contributed by atoms with Gasteiger partial charge >= 0.3 is 54.9 Å². The molecule has 0 aromatic rings. The molecule has 3 heteroatoms. The Balaban J connectivity index is 0. The molecule has 0 fully saturated rings. The topological polar surface area (TPSA) is 40.7 Å². The first-order chi connectivity index (χ1) is 2.91. The zero-order valence-corrected chi connectivity index (χ0v) is 10.2. The zero-order valence-electron chi connectivity index (χ0n) is 4.74. The van der Waals surface area contributed by atoms with Gasteiger partial charge in [-0.15, -0.1) is 0 Å². The van der Waals surface area contributed by atoms with Crippen LogP contribution in [-0.4, -0.2) is 18.7 Å². The van der Waals surface area contributed by atoms with E-state index in [4.69, 9.17) is 4.74 Å². The van der Waals surface area contributed by atoms with E-state index < -0.39 is 0 Å². The van der Waals surface area contributed by atoms with Crippen LogP contribution in [0.15, 0.2) is 0 Å². The summed E-state index contributed by atoms with van der Waals surface area (Å²) in [5, 5.41) is 0. The molecule has 0 aliphatic carbocycles. The minimum absolute atomic E-state index is 0. The molecule has 0 aromatic carbocycles. The van der Waals surface area contributed by atoms with Crippen molar-refractivity contribution in [3.8, 4) is 0 Å². The van der Waals surface area contributed by atoms with Gasteiger partial charge in [0.05, 0.1) is 0 Å². The Labute approximate surface area is 60.5 Å². The van der Waals surface area contributed by atoms with E-state index in [9.17, 15) is 0 Å². The molecule has 7 heavy (non-hydrogen) atoms. The number of hydrogen-bond acceptors (Lipinski definition) is 1. The minimum atomic E-state index is 0. The van der Waals surface area contributed by atoms with Gasteiger partial charge in [-0.2, -0.15) is 0 Å². The Kier molecular flexibility index (Phi) is 15.3. The van der Waals surface area contributed by atoms with E-state index in [1.165, 1.54) is 3.93 Å². The molecule has 0 aromatic heterocycles. The summed E-state index contributed by atoms with van der Waals surface area (Å²) in [5.74, 6) is 0. The van der Waals surface area contributed by atoms with Crippen molar-refractivity contribution < 1.29 is 36.3 Å². The van der Waals surface area contributed by atoms with Crippen molar-refractivity contribution in [3.05, 3.63) is 0 Å². The van der Waals surface area contributed by atoms with Gasteiger partial charge in [0.15, 0.2) is 0 Å². The van der Waals surface area contributed by atoms with Gasteiger partial charge in [0.1, 0.15) is 0 Å². The van der Waals surface area contributed by atoms with Crippen molar-refractivity contribution in [2.24, 2.45) is 0 Å². The summed E-state index contributed by atoms with van der Waals surface area (Å²) in [7, 11) is 0. The molecule has 0 saturated carbocycles. The van der Waals surface area contributed by atoms with Crippen LogP contribution in [-0.2, 0) is 30.9 Å². The van der Waals surface area contributed by atoms with Gasteiger partial charge in [-0.05, 0) is 0 Å². The van der Waals surface area contributed by atoms with Crippen molar-refractivity contribution >= 4 is 0 Å². The van der Waals surface area contributed by atoms with Crippen molar-refractivity contribution in [1.29, 1.82) is 0 Å². The van der Waals surface area contributed by atoms with Crippen LogP contribution in [0.5, 0.6) is 0 Å². The molecule has 0 aliphatic heterocycles. The maximum Gasteiger partial charge on any atom is -0.412 e. The van der Waals surface area contributed by atoms with Crippen molar-refractivity contribution in [2.45, 2.75) is 10.9 Å². The van der Waals surface area contributed by atoms with Crippen LogP contribution < -0.4 is 0 Å². The summed E-state index contributed by atoms with van der Waals surface area (Å²) < 4.78 is 6.36. The van der Waals surface area contributed by atoms with Crippen LogP contribution in [0.4, 0.5) is 0 Å². The Bertz CT molecular complexity index is 21.7. The molecular formula is C4H11HgO2. The van der Waals surface area contributed by atoms with E-state index in [0.29, 0.717) is 0 Å². The second-order valence-corrected chi connectivity index (χ2v) is 3.80. The predicted molar refractivity (Wildman–Crippen MR) is 24.9 cm³/mol. The summed E-state index contributed by atoms with van der Waals surface area (Å²) in [4.78, 5) is 0. The fourth-order valence-electron chi connectivity index (χ4n) is 0.246. The fraction of sp³-hybridized carbons (Fsp3) is 1.00. The Hall–Kier alpha value is 0.855. The molecular weight excluding hydrogens is 281 g/mol. The normalized spacial score (nSPS) is 7.86.